The van der Waals surface area contributed by atoms with Crippen molar-refractivity contribution in [3.8, 4) is 0 Å². The molecular weight excluding hydrogens is 331 g/mol. The Kier molecular flexibility index (Phi) is 5.07. The van der Waals surface area contributed by atoms with E-state index in [0.29, 0.717) is 5.69 Å². The van der Waals surface area contributed by atoms with Crippen LogP contribution in [0.4, 0.5) is 10.1 Å². The molecule has 3 fully saturated rings. The second-order valence-corrected chi connectivity index (χ2v) is 8.04. The fourth-order valence-electron chi connectivity index (χ4n) is 5.07. The van der Waals surface area contributed by atoms with E-state index in [1.54, 1.807) is 0 Å². The maximum atomic E-state index is 13.1. The predicted molar refractivity (Wildman–Crippen MR) is 98.2 cm³/mol. The van der Waals surface area contributed by atoms with Crippen LogP contribution in [-0.2, 0) is 9.59 Å². The van der Waals surface area contributed by atoms with Gasteiger partial charge >= 0.3 is 0 Å². The molecule has 0 N–H and O–H groups in total. The largest absolute Gasteiger partial charge is 0.292 e. The number of piperidine rings is 1. The molecule has 5 heteroatoms. The lowest BCUT2D eigenvalue weighted by Gasteiger charge is -2.39. The lowest BCUT2D eigenvalue weighted by Crippen LogP contribution is -2.46. The van der Waals surface area contributed by atoms with Gasteiger partial charge in [-0.25, -0.2) is 9.29 Å². The Morgan fingerprint density at radius 2 is 1.46 bits per heavy atom. The standard InChI is InChI=1S/C21H27FN2O2/c22-17-6-8-18(9-7-17)24-20(25)14-19(21(24)26)23-12-10-16(11-13-23)15-4-2-1-3-5-15/h6-9,15-16,19H,1-5,10-14H2/t19-/m0/s1. The van der Waals surface area contributed by atoms with Gasteiger partial charge in [-0.1, -0.05) is 32.1 Å². The number of amides is 2. The maximum absolute atomic E-state index is 13.1. The summed E-state index contributed by atoms with van der Waals surface area (Å²) in [6.07, 6.45) is 9.36. The first-order valence-electron chi connectivity index (χ1n) is 10.00. The van der Waals surface area contributed by atoms with Crippen LogP contribution < -0.4 is 4.90 Å². The number of benzene rings is 1. The van der Waals surface area contributed by atoms with E-state index in [4.69, 9.17) is 0 Å². The van der Waals surface area contributed by atoms with Gasteiger partial charge in [0.2, 0.25) is 5.91 Å². The summed E-state index contributed by atoms with van der Waals surface area (Å²) in [4.78, 5) is 28.7. The molecule has 1 saturated carbocycles. The number of hydrogen-bond donors (Lipinski definition) is 0. The van der Waals surface area contributed by atoms with Crippen molar-refractivity contribution in [1.82, 2.24) is 4.90 Å². The van der Waals surface area contributed by atoms with Crippen molar-refractivity contribution in [2.45, 2.75) is 57.4 Å². The first-order valence-corrected chi connectivity index (χ1v) is 10.00. The molecule has 2 aliphatic heterocycles. The number of halogens is 1. The van der Waals surface area contributed by atoms with Gasteiger partial charge in [-0.15, -0.1) is 0 Å². The molecule has 26 heavy (non-hydrogen) atoms. The number of nitrogens with zero attached hydrogens (tertiary/aromatic N) is 2. The Labute approximate surface area is 154 Å². The molecule has 0 bridgehead atoms. The van der Waals surface area contributed by atoms with Gasteiger partial charge in [0.05, 0.1) is 18.2 Å². The first-order chi connectivity index (χ1) is 12.6. The molecule has 1 atom stereocenters. The molecule has 0 spiro atoms. The number of rotatable bonds is 3. The van der Waals surface area contributed by atoms with Gasteiger partial charge in [-0.2, -0.15) is 0 Å². The average molecular weight is 358 g/mol. The Morgan fingerprint density at radius 3 is 2.12 bits per heavy atom. The third-order valence-corrected chi connectivity index (χ3v) is 6.54. The Hall–Kier alpha value is -1.75. The molecule has 1 aromatic rings. The molecule has 0 unspecified atom stereocenters. The first kappa shape index (κ1) is 17.7. The lowest BCUT2D eigenvalue weighted by atomic mass is 9.75. The van der Waals surface area contributed by atoms with Crippen LogP contribution >= 0.6 is 0 Å². The molecule has 3 aliphatic rings. The van der Waals surface area contributed by atoms with Crippen molar-refractivity contribution in [1.29, 1.82) is 0 Å². The van der Waals surface area contributed by atoms with Crippen molar-refractivity contribution in [3.63, 3.8) is 0 Å². The molecule has 2 heterocycles. The smallest absolute Gasteiger partial charge is 0.251 e. The third kappa shape index (κ3) is 3.41. The van der Waals surface area contributed by atoms with Gasteiger partial charge in [0.25, 0.3) is 5.91 Å². The van der Waals surface area contributed by atoms with Crippen LogP contribution in [0.1, 0.15) is 51.4 Å². The number of imide groups is 1. The molecule has 0 aromatic heterocycles. The van der Waals surface area contributed by atoms with E-state index in [-0.39, 0.29) is 30.1 Å². The van der Waals surface area contributed by atoms with Crippen molar-refractivity contribution >= 4 is 17.5 Å². The maximum Gasteiger partial charge on any atom is 0.251 e. The van der Waals surface area contributed by atoms with E-state index in [1.807, 2.05) is 0 Å². The molecule has 0 radical (unpaired) electrons. The highest BCUT2D eigenvalue weighted by atomic mass is 19.1. The third-order valence-electron chi connectivity index (χ3n) is 6.54. The van der Waals surface area contributed by atoms with Gasteiger partial charge in [-0.3, -0.25) is 14.5 Å². The molecule has 2 amide bonds. The van der Waals surface area contributed by atoms with Crippen molar-refractivity contribution in [2.24, 2.45) is 11.8 Å². The molecule has 140 valence electrons. The van der Waals surface area contributed by atoms with Crippen LogP contribution in [0.2, 0.25) is 0 Å². The highest BCUT2D eigenvalue weighted by molar-refractivity contribution is 6.22. The summed E-state index contributed by atoms with van der Waals surface area (Å²) in [6, 6.07) is 5.24. The molecule has 1 aromatic carbocycles. The van der Waals surface area contributed by atoms with Gasteiger partial charge in [-0.05, 0) is 62.0 Å². The quantitative estimate of drug-likeness (QED) is 0.773. The van der Waals surface area contributed by atoms with Crippen LogP contribution in [0.15, 0.2) is 24.3 Å². The van der Waals surface area contributed by atoms with E-state index in [2.05, 4.69) is 4.90 Å². The Bertz CT molecular complexity index is 661. The van der Waals surface area contributed by atoms with E-state index >= 15 is 0 Å². The van der Waals surface area contributed by atoms with E-state index in [1.165, 1.54) is 61.3 Å². The molecule has 1 aliphatic carbocycles. The van der Waals surface area contributed by atoms with Crippen molar-refractivity contribution < 1.29 is 14.0 Å². The Morgan fingerprint density at radius 1 is 0.846 bits per heavy atom. The van der Waals surface area contributed by atoms with Crippen LogP contribution in [-0.4, -0.2) is 35.8 Å². The lowest BCUT2D eigenvalue weighted by molar-refractivity contribution is -0.123. The minimum Gasteiger partial charge on any atom is -0.292 e. The van der Waals surface area contributed by atoms with Gasteiger partial charge < -0.3 is 0 Å². The molecular formula is C21H27FN2O2. The summed E-state index contributed by atoms with van der Waals surface area (Å²) in [6.45, 7) is 1.81. The van der Waals surface area contributed by atoms with Crippen molar-refractivity contribution in [3.05, 3.63) is 30.1 Å². The van der Waals surface area contributed by atoms with Gasteiger partial charge in [0, 0.05) is 0 Å². The second-order valence-electron chi connectivity index (χ2n) is 8.04. The zero-order valence-corrected chi connectivity index (χ0v) is 15.2. The van der Waals surface area contributed by atoms with Gasteiger partial charge in [0.1, 0.15) is 5.82 Å². The molecule has 4 nitrogen and oxygen atoms in total. The van der Waals surface area contributed by atoms with Crippen LogP contribution in [0.5, 0.6) is 0 Å². The summed E-state index contributed by atoms with van der Waals surface area (Å²) in [5, 5.41) is 0. The minimum absolute atomic E-state index is 0.155. The zero-order chi connectivity index (χ0) is 18.1. The van der Waals surface area contributed by atoms with Crippen LogP contribution in [0.3, 0.4) is 0 Å². The Balaban J connectivity index is 1.39. The zero-order valence-electron chi connectivity index (χ0n) is 15.2. The van der Waals surface area contributed by atoms with Crippen LogP contribution in [0.25, 0.3) is 0 Å². The minimum atomic E-state index is -0.367. The van der Waals surface area contributed by atoms with Gasteiger partial charge in [0.15, 0.2) is 0 Å². The summed E-state index contributed by atoms with van der Waals surface area (Å²) in [5.74, 6) is 0.947. The van der Waals surface area contributed by atoms with E-state index in [0.717, 1.165) is 37.8 Å². The number of carbonyl (C=O) groups is 2. The molecule has 4 rings (SSSR count). The fraction of sp³-hybridized carbons (Fsp3) is 0.619. The van der Waals surface area contributed by atoms with E-state index in [9.17, 15) is 14.0 Å². The number of hydrogen-bond acceptors (Lipinski definition) is 3. The van der Waals surface area contributed by atoms with E-state index < -0.39 is 0 Å². The normalized spacial score (nSPS) is 26.7. The highest BCUT2D eigenvalue weighted by Crippen LogP contribution is 2.37. The summed E-state index contributed by atoms with van der Waals surface area (Å²) >= 11 is 0. The monoisotopic (exact) mass is 358 g/mol. The second kappa shape index (κ2) is 7.47. The average Bonchev–Trinajstić information content (AvgIpc) is 2.98. The number of likely N-dealkylation sites (tertiary alicyclic amines) is 1. The highest BCUT2D eigenvalue weighted by Gasteiger charge is 2.43. The SMILES string of the molecule is O=C1C[C@H](N2CCC(C3CCCCC3)CC2)C(=O)N1c1ccc(F)cc1. The number of anilines is 1. The molecule has 2 saturated heterocycles. The summed E-state index contributed by atoms with van der Waals surface area (Å²) < 4.78 is 13.1. The summed E-state index contributed by atoms with van der Waals surface area (Å²) in [5.41, 5.74) is 0.473. The predicted octanol–water partition coefficient (Wildman–Crippen LogP) is 3.75. The number of carbonyl (C=O) groups excluding carboxylic acids is 2. The van der Waals surface area contributed by atoms with Crippen LogP contribution in [0, 0.1) is 17.7 Å². The topological polar surface area (TPSA) is 40.6 Å². The fourth-order valence-corrected chi connectivity index (χ4v) is 5.07. The van der Waals surface area contributed by atoms with Crippen molar-refractivity contribution in [2.75, 3.05) is 18.0 Å². The summed E-state index contributed by atoms with van der Waals surface area (Å²) in [7, 11) is 0.